The molecule has 0 amide bonds. The molecular weight excluding hydrogens is 306 g/mol. The molecule has 0 fully saturated rings. The number of halogens is 1. The van der Waals surface area contributed by atoms with E-state index in [4.69, 9.17) is 9.47 Å². The Morgan fingerprint density at radius 1 is 1.11 bits per heavy atom. The van der Waals surface area contributed by atoms with E-state index in [0.29, 0.717) is 6.61 Å². The van der Waals surface area contributed by atoms with Crippen LogP contribution in [0.25, 0.3) is 11.1 Å². The summed E-state index contributed by atoms with van der Waals surface area (Å²) < 4.78 is 12.0. The average Bonchev–Trinajstić information content (AvgIpc) is 2.44. The fourth-order valence-electron chi connectivity index (χ4n) is 1.75. The molecule has 0 aliphatic rings. The van der Waals surface area contributed by atoms with Crippen molar-refractivity contribution in [3.63, 3.8) is 0 Å². The Kier molecular flexibility index (Phi) is 4.80. The number of aromatic nitrogens is 1. The Balaban J connectivity index is 2.36. The van der Waals surface area contributed by atoms with Crippen molar-refractivity contribution in [1.82, 2.24) is 4.98 Å². The normalized spacial score (nSPS) is 10.3. The van der Waals surface area contributed by atoms with Crippen molar-refractivity contribution < 1.29 is 9.47 Å². The van der Waals surface area contributed by atoms with Gasteiger partial charge in [0.2, 0.25) is 0 Å². The van der Waals surface area contributed by atoms with E-state index in [0.717, 1.165) is 33.5 Å². The van der Waals surface area contributed by atoms with Gasteiger partial charge in [0.15, 0.2) is 11.5 Å². The van der Waals surface area contributed by atoms with E-state index < -0.39 is 0 Å². The van der Waals surface area contributed by atoms with E-state index in [-0.39, 0.29) is 0 Å². The maximum atomic E-state index is 5.71. The lowest BCUT2D eigenvalue weighted by Gasteiger charge is -2.12. The largest absolute Gasteiger partial charge is 0.493 e. The first-order chi connectivity index (χ1) is 9.24. The minimum absolute atomic E-state index is 0.677. The van der Waals surface area contributed by atoms with Crippen LogP contribution in [0.1, 0.15) is 13.3 Å². The van der Waals surface area contributed by atoms with E-state index in [1.165, 1.54) is 0 Å². The third-order valence-corrected chi connectivity index (χ3v) is 3.10. The lowest BCUT2D eigenvalue weighted by atomic mass is 10.1. The van der Waals surface area contributed by atoms with Crippen LogP contribution in [0.4, 0.5) is 0 Å². The average molecular weight is 322 g/mol. The highest BCUT2D eigenvalue weighted by atomic mass is 79.9. The summed E-state index contributed by atoms with van der Waals surface area (Å²) in [4.78, 5) is 4.18. The second-order valence-electron chi connectivity index (χ2n) is 4.11. The minimum atomic E-state index is 0.677. The standard InChI is InChI=1S/C15H16BrNO2/c1-3-6-19-15-8-11(4-5-14(15)18-2)12-7-13(16)10-17-9-12/h4-5,7-10H,3,6H2,1-2H3. The molecule has 0 atom stereocenters. The molecule has 0 aliphatic carbocycles. The lowest BCUT2D eigenvalue weighted by Crippen LogP contribution is -1.98. The van der Waals surface area contributed by atoms with Crippen LogP contribution in [-0.2, 0) is 0 Å². The molecule has 3 nitrogen and oxygen atoms in total. The maximum Gasteiger partial charge on any atom is 0.161 e. The van der Waals surface area contributed by atoms with Gasteiger partial charge in [0, 0.05) is 22.4 Å². The number of nitrogens with zero attached hydrogens (tertiary/aromatic N) is 1. The molecule has 0 spiro atoms. The first kappa shape index (κ1) is 13.9. The Morgan fingerprint density at radius 2 is 1.95 bits per heavy atom. The van der Waals surface area contributed by atoms with Crippen molar-refractivity contribution in [2.75, 3.05) is 13.7 Å². The Bertz CT molecular complexity index is 558. The van der Waals surface area contributed by atoms with Crippen LogP contribution in [0.2, 0.25) is 0 Å². The Hall–Kier alpha value is -1.55. The van der Waals surface area contributed by atoms with Gasteiger partial charge in [-0.15, -0.1) is 0 Å². The zero-order valence-electron chi connectivity index (χ0n) is 11.0. The summed E-state index contributed by atoms with van der Waals surface area (Å²) in [6.07, 6.45) is 4.56. The van der Waals surface area contributed by atoms with Gasteiger partial charge in [-0.1, -0.05) is 13.0 Å². The molecule has 0 saturated heterocycles. The number of benzene rings is 1. The van der Waals surface area contributed by atoms with Gasteiger partial charge < -0.3 is 9.47 Å². The Labute approximate surface area is 121 Å². The number of hydrogen-bond donors (Lipinski definition) is 0. The van der Waals surface area contributed by atoms with E-state index in [9.17, 15) is 0 Å². The number of ether oxygens (including phenoxy) is 2. The molecule has 1 aromatic carbocycles. The number of hydrogen-bond acceptors (Lipinski definition) is 3. The summed E-state index contributed by atoms with van der Waals surface area (Å²) in [5, 5.41) is 0. The SMILES string of the molecule is CCCOc1cc(-c2cncc(Br)c2)ccc1OC. The van der Waals surface area contributed by atoms with Crippen molar-refractivity contribution in [2.24, 2.45) is 0 Å². The molecule has 0 saturated carbocycles. The predicted octanol–water partition coefficient (Wildman–Crippen LogP) is 4.31. The van der Waals surface area contributed by atoms with Crippen LogP contribution in [0.3, 0.4) is 0 Å². The van der Waals surface area contributed by atoms with E-state index in [1.807, 2.05) is 30.5 Å². The van der Waals surface area contributed by atoms with Crippen LogP contribution < -0.4 is 9.47 Å². The zero-order chi connectivity index (χ0) is 13.7. The summed E-state index contributed by atoms with van der Waals surface area (Å²) >= 11 is 3.43. The van der Waals surface area contributed by atoms with Gasteiger partial charge in [-0.2, -0.15) is 0 Å². The van der Waals surface area contributed by atoms with Crippen molar-refractivity contribution in [3.8, 4) is 22.6 Å². The first-order valence-electron chi connectivity index (χ1n) is 6.16. The van der Waals surface area contributed by atoms with Crippen LogP contribution in [0.15, 0.2) is 41.1 Å². The van der Waals surface area contributed by atoms with Crippen LogP contribution >= 0.6 is 15.9 Å². The number of pyridine rings is 1. The third-order valence-electron chi connectivity index (χ3n) is 2.66. The van der Waals surface area contributed by atoms with Gasteiger partial charge in [-0.3, -0.25) is 4.98 Å². The van der Waals surface area contributed by atoms with Gasteiger partial charge in [-0.05, 0) is 46.1 Å². The van der Waals surface area contributed by atoms with Crippen LogP contribution in [0, 0.1) is 0 Å². The number of methoxy groups -OCH3 is 1. The quantitative estimate of drug-likeness (QED) is 0.822. The first-order valence-corrected chi connectivity index (χ1v) is 6.95. The van der Waals surface area contributed by atoms with Crippen LogP contribution in [-0.4, -0.2) is 18.7 Å². The fraction of sp³-hybridized carbons (Fsp3) is 0.267. The van der Waals surface area contributed by atoms with Crippen molar-refractivity contribution >= 4 is 15.9 Å². The van der Waals surface area contributed by atoms with Gasteiger partial charge >= 0.3 is 0 Å². The fourth-order valence-corrected chi connectivity index (χ4v) is 2.12. The minimum Gasteiger partial charge on any atom is -0.493 e. The zero-order valence-corrected chi connectivity index (χ0v) is 12.6. The van der Waals surface area contributed by atoms with E-state index in [2.05, 4.69) is 27.8 Å². The molecule has 0 aliphatic heterocycles. The van der Waals surface area contributed by atoms with Crippen molar-refractivity contribution in [1.29, 1.82) is 0 Å². The smallest absolute Gasteiger partial charge is 0.161 e. The second kappa shape index (κ2) is 6.57. The molecule has 0 N–H and O–H groups in total. The van der Waals surface area contributed by atoms with Crippen molar-refractivity contribution in [2.45, 2.75) is 13.3 Å². The second-order valence-corrected chi connectivity index (χ2v) is 5.02. The van der Waals surface area contributed by atoms with E-state index in [1.54, 1.807) is 13.3 Å². The summed E-state index contributed by atoms with van der Waals surface area (Å²) in [6.45, 7) is 2.76. The molecule has 1 heterocycles. The topological polar surface area (TPSA) is 31.4 Å². The number of rotatable bonds is 5. The molecule has 2 aromatic rings. The predicted molar refractivity (Wildman–Crippen MR) is 79.7 cm³/mol. The van der Waals surface area contributed by atoms with Gasteiger partial charge in [-0.25, -0.2) is 0 Å². The third kappa shape index (κ3) is 3.47. The molecule has 0 radical (unpaired) electrons. The molecule has 100 valence electrons. The van der Waals surface area contributed by atoms with Gasteiger partial charge in [0.25, 0.3) is 0 Å². The molecule has 4 heteroatoms. The highest BCUT2D eigenvalue weighted by Crippen LogP contribution is 2.33. The summed E-state index contributed by atoms with van der Waals surface area (Å²) in [5.74, 6) is 1.52. The molecule has 1 aromatic heterocycles. The Morgan fingerprint density at radius 3 is 2.63 bits per heavy atom. The molecular formula is C15H16BrNO2. The van der Waals surface area contributed by atoms with Gasteiger partial charge in [0.05, 0.1) is 13.7 Å². The molecule has 0 unspecified atom stereocenters. The van der Waals surface area contributed by atoms with Crippen LogP contribution in [0.5, 0.6) is 11.5 Å². The van der Waals surface area contributed by atoms with Gasteiger partial charge in [0.1, 0.15) is 0 Å². The molecule has 0 bridgehead atoms. The van der Waals surface area contributed by atoms with Crippen molar-refractivity contribution in [3.05, 3.63) is 41.1 Å². The summed E-state index contributed by atoms with van der Waals surface area (Å²) in [6, 6.07) is 7.93. The lowest BCUT2D eigenvalue weighted by molar-refractivity contribution is 0.294. The highest BCUT2D eigenvalue weighted by molar-refractivity contribution is 9.10. The summed E-state index contributed by atoms with van der Waals surface area (Å²) in [5.41, 5.74) is 2.10. The summed E-state index contributed by atoms with van der Waals surface area (Å²) in [7, 11) is 1.65. The molecule has 19 heavy (non-hydrogen) atoms. The highest BCUT2D eigenvalue weighted by Gasteiger charge is 2.07. The van der Waals surface area contributed by atoms with E-state index >= 15 is 0 Å². The monoisotopic (exact) mass is 321 g/mol. The maximum absolute atomic E-state index is 5.71. The molecule has 2 rings (SSSR count).